The molecule has 0 aliphatic heterocycles. The third-order valence-corrected chi connectivity index (χ3v) is 3.67. The third kappa shape index (κ3) is 2.96. The predicted molar refractivity (Wildman–Crippen MR) is 58.3 cm³/mol. The van der Waals surface area contributed by atoms with Gasteiger partial charge >= 0.3 is 0 Å². The molecule has 0 radical (unpaired) electrons. The van der Waals surface area contributed by atoms with E-state index in [0.29, 0.717) is 6.61 Å². The van der Waals surface area contributed by atoms with E-state index in [1.807, 2.05) is 0 Å². The fourth-order valence-electron chi connectivity index (χ4n) is 2.63. The molecule has 2 saturated carbocycles. The Labute approximate surface area is 87.3 Å². The van der Waals surface area contributed by atoms with Gasteiger partial charge in [-0.2, -0.15) is 0 Å². The van der Waals surface area contributed by atoms with Gasteiger partial charge in [0.15, 0.2) is 0 Å². The summed E-state index contributed by atoms with van der Waals surface area (Å²) in [5.41, 5.74) is 0. The minimum atomic E-state index is 0.337. The van der Waals surface area contributed by atoms with Gasteiger partial charge < -0.3 is 5.11 Å². The first-order valence-corrected chi connectivity index (χ1v) is 6.25. The molecule has 2 aliphatic carbocycles. The summed E-state index contributed by atoms with van der Waals surface area (Å²) in [5, 5.41) is 9.06. The second kappa shape index (κ2) is 5.13. The molecule has 82 valence electrons. The first kappa shape index (κ1) is 10.4. The van der Waals surface area contributed by atoms with Crippen molar-refractivity contribution >= 4 is 0 Å². The summed E-state index contributed by atoms with van der Waals surface area (Å²) in [6, 6.07) is 0.788. The van der Waals surface area contributed by atoms with Gasteiger partial charge in [0, 0.05) is 19.1 Å². The molecule has 2 nitrogen and oxygen atoms in total. The van der Waals surface area contributed by atoms with Crippen molar-refractivity contribution in [3.05, 3.63) is 0 Å². The zero-order chi connectivity index (χ0) is 9.80. The summed E-state index contributed by atoms with van der Waals surface area (Å²) >= 11 is 0. The molecule has 0 heterocycles. The number of rotatable bonds is 5. The first-order chi connectivity index (χ1) is 6.90. The van der Waals surface area contributed by atoms with E-state index in [1.165, 1.54) is 51.5 Å². The molecule has 0 aromatic heterocycles. The van der Waals surface area contributed by atoms with Crippen molar-refractivity contribution in [1.82, 2.24) is 4.90 Å². The Hall–Kier alpha value is -0.0800. The zero-order valence-electron chi connectivity index (χ0n) is 9.12. The molecule has 2 rings (SSSR count). The molecule has 0 unspecified atom stereocenters. The molecule has 0 aromatic rings. The second-order valence-corrected chi connectivity index (χ2v) is 4.95. The van der Waals surface area contributed by atoms with Gasteiger partial charge in [-0.15, -0.1) is 0 Å². The lowest BCUT2D eigenvalue weighted by molar-refractivity contribution is 0.119. The van der Waals surface area contributed by atoms with Gasteiger partial charge in [-0.3, -0.25) is 4.90 Å². The van der Waals surface area contributed by atoms with E-state index >= 15 is 0 Å². The number of aliphatic hydroxyl groups is 1. The van der Waals surface area contributed by atoms with Crippen LogP contribution in [-0.4, -0.2) is 35.7 Å². The number of hydrogen-bond acceptors (Lipinski definition) is 2. The van der Waals surface area contributed by atoms with Crippen LogP contribution < -0.4 is 0 Å². The average molecular weight is 197 g/mol. The van der Waals surface area contributed by atoms with Crippen LogP contribution in [0.15, 0.2) is 0 Å². The topological polar surface area (TPSA) is 23.5 Å². The maximum absolute atomic E-state index is 9.06. The van der Waals surface area contributed by atoms with Crippen molar-refractivity contribution in [2.45, 2.75) is 51.0 Å². The SMILES string of the molecule is OCCN(CC1CC1)C1CCCCC1. The van der Waals surface area contributed by atoms with Gasteiger partial charge in [-0.25, -0.2) is 0 Å². The minimum Gasteiger partial charge on any atom is -0.395 e. The molecule has 1 N–H and O–H groups in total. The van der Waals surface area contributed by atoms with Crippen LogP contribution in [0.4, 0.5) is 0 Å². The van der Waals surface area contributed by atoms with E-state index < -0.39 is 0 Å². The minimum absolute atomic E-state index is 0.337. The highest BCUT2D eigenvalue weighted by Crippen LogP contribution is 2.32. The summed E-state index contributed by atoms with van der Waals surface area (Å²) in [5.74, 6) is 0.962. The molecular weight excluding hydrogens is 174 g/mol. The molecule has 0 bridgehead atoms. The Morgan fingerprint density at radius 3 is 2.29 bits per heavy atom. The van der Waals surface area contributed by atoms with Crippen LogP contribution in [0, 0.1) is 5.92 Å². The molecule has 0 spiro atoms. The summed E-state index contributed by atoms with van der Waals surface area (Å²) in [4.78, 5) is 2.55. The largest absolute Gasteiger partial charge is 0.395 e. The number of hydrogen-bond donors (Lipinski definition) is 1. The molecule has 0 amide bonds. The maximum Gasteiger partial charge on any atom is 0.0558 e. The Morgan fingerprint density at radius 1 is 1.00 bits per heavy atom. The van der Waals surface area contributed by atoms with Crippen LogP contribution in [0.2, 0.25) is 0 Å². The second-order valence-electron chi connectivity index (χ2n) is 4.95. The van der Waals surface area contributed by atoms with Crippen molar-refractivity contribution in [2.75, 3.05) is 19.7 Å². The maximum atomic E-state index is 9.06. The highest BCUT2D eigenvalue weighted by molar-refractivity contribution is 4.82. The van der Waals surface area contributed by atoms with Gasteiger partial charge in [0.1, 0.15) is 0 Å². The highest BCUT2D eigenvalue weighted by atomic mass is 16.3. The smallest absolute Gasteiger partial charge is 0.0558 e. The highest BCUT2D eigenvalue weighted by Gasteiger charge is 2.28. The van der Waals surface area contributed by atoms with Gasteiger partial charge in [-0.1, -0.05) is 19.3 Å². The average Bonchev–Trinajstić information content (AvgIpc) is 3.03. The fraction of sp³-hybridized carbons (Fsp3) is 1.00. The summed E-state index contributed by atoms with van der Waals surface area (Å²) in [6.07, 6.45) is 9.81. The van der Waals surface area contributed by atoms with Crippen molar-refractivity contribution in [2.24, 2.45) is 5.92 Å². The summed E-state index contributed by atoms with van der Waals surface area (Å²) in [6.45, 7) is 2.50. The van der Waals surface area contributed by atoms with Gasteiger partial charge in [-0.05, 0) is 31.6 Å². The van der Waals surface area contributed by atoms with Crippen molar-refractivity contribution in [1.29, 1.82) is 0 Å². The lowest BCUT2D eigenvalue weighted by atomic mass is 9.94. The van der Waals surface area contributed by atoms with Crippen molar-refractivity contribution < 1.29 is 5.11 Å². The standard InChI is InChI=1S/C12H23NO/c14-9-8-13(10-11-6-7-11)12-4-2-1-3-5-12/h11-12,14H,1-10H2. The molecule has 0 atom stereocenters. The van der Waals surface area contributed by atoms with Crippen LogP contribution in [0.1, 0.15) is 44.9 Å². The summed E-state index contributed by atoms with van der Waals surface area (Å²) in [7, 11) is 0. The van der Waals surface area contributed by atoms with E-state index in [-0.39, 0.29) is 0 Å². The fourth-order valence-corrected chi connectivity index (χ4v) is 2.63. The summed E-state index contributed by atoms with van der Waals surface area (Å²) < 4.78 is 0. The Kier molecular flexibility index (Phi) is 3.82. The molecule has 14 heavy (non-hydrogen) atoms. The Morgan fingerprint density at radius 2 is 1.71 bits per heavy atom. The zero-order valence-corrected chi connectivity index (χ0v) is 9.12. The van der Waals surface area contributed by atoms with Crippen LogP contribution in [0.3, 0.4) is 0 Å². The van der Waals surface area contributed by atoms with E-state index in [2.05, 4.69) is 4.90 Å². The molecule has 2 aliphatic rings. The van der Waals surface area contributed by atoms with E-state index in [1.54, 1.807) is 0 Å². The van der Waals surface area contributed by atoms with Crippen molar-refractivity contribution in [3.8, 4) is 0 Å². The predicted octanol–water partition coefficient (Wildman–Crippen LogP) is 2.02. The Balaban J connectivity index is 1.79. The van der Waals surface area contributed by atoms with E-state index in [4.69, 9.17) is 5.11 Å². The first-order valence-electron chi connectivity index (χ1n) is 6.25. The van der Waals surface area contributed by atoms with Crippen LogP contribution in [0.5, 0.6) is 0 Å². The molecule has 2 fully saturated rings. The normalized spacial score (nSPS) is 24.4. The molecule has 0 aromatic carbocycles. The van der Waals surface area contributed by atoms with E-state index in [9.17, 15) is 0 Å². The number of nitrogens with zero attached hydrogens (tertiary/aromatic N) is 1. The van der Waals surface area contributed by atoms with Crippen LogP contribution in [-0.2, 0) is 0 Å². The van der Waals surface area contributed by atoms with Gasteiger partial charge in [0.25, 0.3) is 0 Å². The number of aliphatic hydroxyl groups excluding tert-OH is 1. The third-order valence-electron chi connectivity index (χ3n) is 3.67. The van der Waals surface area contributed by atoms with Gasteiger partial charge in [0.05, 0.1) is 6.61 Å². The van der Waals surface area contributed by atoms with E-state index in [0.717, 1.165) is 18.5 Å². The van der Waals surface area contributed by atoms with Crippen LogP contribution >= 0.6 is 0 Å². The van der Waals surface area contributed by atoms with Gasteiger partial charge in [0.2, 0.25) is 0 Å². The monoisotopic (exact) mass is 197 g/mol. The Bertz CT molecular complexity index is 162. The van der Waals surface area contributed by atoms with Crippen molar-refractivity contribution in [3.63, 3.8) is 0 Å². The molecule has 2 heteroatoms. The molecule has 0 saturated heterocycles. The quantitative estimate of drug-likeness (QED) is 0.729. The van der Waals surface area contributed by atoms with Crippen LogP contribution in [0.25, 0.3) is 0 Å². The lowest BCUT2D eigenvalue weighted by Gasteiger charge is -2.34. The molecular formula is C12H23NO. The lowest BCUT2D eigenvalue weighted by Crippen LogP contribution is -2.40.